The number of carbonyl (C=O) groups is 3. The van der Waals surface area contributed by atoms with E-state index >= 15 is 0 Å². The summed E-state index contributed by atoms with van der Waals surface area (Å²) in [5.41, 5.74) is 0. The quantitative estimate of drug-likeness (QED) is 0.482. The van der Waals surface area contributed by atoms with E-state index in [1.807, 2.05) is 0 Å². The number of carbonyl (C=O) groups excluding carboxylic acids is 3. The molecule has 2 N–H and O–H groups in total. The van der Waals surface area contributed by atoms with Crippen LogP contribution in [0, 0.1) is 0 Å². The lowest BCUT2D eigenvalue weighted by Crippen LogP contribution is -2.65. The van der Waals surface area contributed by atoms with E-state index in [0.717, 1.165) is 0 Å². The third kappa shape index (κ3) is 2.67. The number of guanidine groups is 1. The van der Waals surface area contributed by atoms with Gasteiger partial charge in [-0.1, -0.05) is 6.08 Å². The zero-order chi connectivity index (χ0) is 15.6. The number of rotatable bonds is 4. The normalized spacial score (nSPS) is 26.3. The molecule has 0 aromatic carbocycles. The lowest BCUT2D eigenvalue weighted by molar-refractivity contribution is -0.142. The van der Waals surface area contributed by atoms with Crippen molar-refractivity contribution in [3.05, 3.63) is 12.7 Å². The van der Waals surface area contributed by atoms with Crippen molar-refractivity contribution in [1.29, 1.82) is 0 Å². The molecule has 2 aliphatic rings. The van der Waals surface area contributed by atoms with Gasteiger partial charge in [-0.05, 0) is 0 Å². The second-order valence-electron chi connectivity index (χ2n) is 4.60. The number of ether oxygens (including phenoxy) is 1. The summed E-state index contributed by atoms with van der Waals surface area (Å²) in [5, 5.41) is 5.22. The average molecular weight is 295 g/mol. The highest BCUT2D eigenvalue weighted by molar-refractivity contribution is 6.04. The van der Waals surface area contributed by atoms with Crippen molar-refractivity contribution < 1.29 is 19.1 Å². The summed E-state index contributed by atoms with van der Waals surface area (Å²) < 4.78 is 4.63. The maximum atomic E-state index is 12.1. The zero-order valence-electron chi connectivity index (χ0n) is 11.8. The summed E-state index contributed by atoms with van der Waals surface area (Å²) in [6.45, 7) is 3.74. The monoisotopic (exact) mass is 295 g/mol. The Morgan fingerprint density at radius 1 is 1.52 bits per heavy atom. The zero-order valence-corrected chi connectivity index (χ0v) is 11.8. The molecule has 0 aromatic heterocycles. The maximum Gasteiger partial charge on any atom is 0.325 e. The Kier molecular flexibility index (Phi) is 4.10. The van der Waals surface area contributed by atoms with Crippen LogP contribution in [0.15, 0.2) is 17.6 Å². The van der Waals surface area contributed by atoms with Crippen molar-refractivity contribution in [2.24, 2.45) is 4.99 Å². The van der Waals surface area contributed by atoms with E-state index in [1.165, 1.54) is 16.9 Å². The van der Waals surface area contributed by atoms with Crippen LogP contribution in [-0.2, 0) is 14.3 Å². The number of methoxy groups -OCH3 is 1. The summed E-state index contributed by atoms with van der Waals surface area (Å²) in [4.78, 5) is 42.3. The van der Waals surface area contributed by atoms with Gasteiger partial charge >= 0.3 is 12.0 Å². The molecule has 0 aliphatic carbocycles. The van der Waals surface area contributed by atoms with Gasteiger partial charge in [-0.3, -0.25) is 14.9 Å². The van der Waals surface area contributed by atoms with Gasteiger partial charge in [0.15, 0.2) is 12.0 Å². The Labute approximate surface area is 121 Å². The second kappa shape index (κ2) is 5.81. The average Bonchev–Trinajstić information content (AvgIpc) is 2.81. The number of nitrogens with zero attached hydrogens (tertiary/aromatic N) is 3. The van der Waals surface area contributed by atoms with Crippen molar-refractivity contribution in [2.75, 3.05) is 27.2 Å². The first-order valence-corrected chi connectivity index (χ1v) is 6.32. The molecule has 2 saturated heterocycles. The molecule has 0 radical (unpaired) electrons. The molecule has 2 rings (SSSR count). The summed E-state index contributed by atoms with van der Waals surface area (Å²) >= 11 is 0. The van der Waals surface area contributed by atoms with E-state index in [-0.39, 0.29) is 6.54 Å². The predicted molar refractivity (Wildman–Crippen MR) is 73.2 cm³/mol. The number of aliphatic imine (C=N–C) groups is 1. The van der Waals surface area contributed by atoms with E-state index in [9.17, 15) is 14.4 Å². The smallest absolute Gasteiger partial charge is 0.325 e. The molecule has 0 bridgehead atoms. The third-order valence-corrected chi connectivity index (χ3v) is 3.32. The van der Waals surface area contributed by atoms with Gasteiger partial charge in [-0.2, -0.15) is 0 Å². The summed E-state index contributed by atoms with van der Waals surface area (Å²) in [5.74, 6) is -0.633. The highest BCUT2D eigenvalue weighted by Crippen LogP contribution is 2.20. The SMILES string of the molecule is C=CCN=C1NC2C(C(=O)NC(=O)N2C)N1CC(=O)OC. The molecular formula is C12H17N5O4. The number of imide groups is 1. The molecule has 9 nitrogen and oxygen atoms in total. The van der Waals surface area contributed by atoms with Crippen LogP contribution in [0.25, 0.3) is 0 Å². The molecule has 2 fully saturated rings. The van der Waals surface area contributed by atoms with Gasteiger partial charge in [0.2, 0.25) is 0 Å². The van der Waals surface area contributed by atoms with Gasteiger partial charge in [-0.25, -0.2) is 9.79 Å². The molecule has 3 amide bonds. The fraction of sp³-hybridized carbons (Fsp3) is 0.500. The Morgan fingerprint density at radius 3 is 2.86 bits per heavy atom. The largest absolute Gasteiger partial charge is 0.468 e. The molecule has 2 unspecified atom stereocenters. The molecule has 0 aromatic rings. The molecule has 21 heavy (non-hydrogen) atoms. The highest BCUT2D eigenvalue weighted by Gasteiger charge is 2.50. The van der Waals surface area contributed by atoms with E-state index in [0.29, 0.717) is 12.5 Å². The van der Waals surface area contributed by atoms with Crippen LogP contribution < -0.4 is 10.6 Å². The fourth-order valence-electron chi connectivity index (χ4n) is 2.25. The van der Waals surface area contributed by atoms with Gasteiger partial charge < -0.3 is 19.9 Å². The number of hydrogen-bond donors (Lipinski definition) is 2. The topological polar surface area (TPSA) is 103 Å². The number of nitrogens with one attached hydrogen (secondary N) is 2. The van der Waals surface area contributed by atoms with Crippen LogP contribution in [-0.4, -0.2) is 73.1 Å². The number of likely N-dealkylation sites (N-methyl/N-ethyl adjacent to an activating group) is 1. The van der Waals surface area contributed by atoms with Crippen LogP contribution in [0.2, 0.25) is 0 Å². The van der Waals surface area contributed by atoms with Crippen molar-refractivity contribution in [2.45, 2.75) is 12.2 Å². The lowest BCUT2D eigenvalue weighted by atomic mass is 10.1. The third-order valence-electron chi connectivity index (χ3n) is 3.32. The first-order chi connectivity index (χ1) is 9.99. The van der Waals surface area contributed by atoms with Gasteiger partial charge in [0.1, 0.15) is 12.7 Å². The molecule has 0 spiro atoms. The van der Waals surface area contributed by atoms with Gasteiger partial charge in [-0.15, -0.1) is 6.58 Å². The summed E-state index contributed by atoms with van der Waals surface area (Å²) in [6.07, 6.45) is 1.00. The fourth-order valence-corrected chi connectivity index (χ4v) is 2.25. The van der Waals surface area contributed by atoms with Crippen LogP contribution >= 0.6 is 0 Å². The van der Waals surface area contributed by atoms with E-state index in [4.69, 9.17) is 0 Å². The Bertz CT molecular complexity index is 518. The first-order valence-electron chi connectivity index (χ1n) is 6.32. The highest BCUT2D eigenvalue weighted by atomic mass is 16.5. The lowest BCUT2D eigenvalue weighted by Gasteiger charge is -2.34. The molecule has 9 heteroatoms. The van der Waals surface area contributed by atoms with Gasteiger partial charge in [0.25, 0.3) is 5.91 Å². The Hall–Kier alpha value is -2.58. The summed E-state index contributed by atoms with van der Waals surface area (Å²) in [6, 6.07) is -1.24. The van der Waals surface area contributed by atoms with E-state index < -0.39 is 30.1 Å². The van der Waals surface area contributed by atoms with E-state index in [2.05, 4.69) is 26.9 Å². The second-order valence-corrected chi connectivity index (χ2v) is 4.60. The van der Waals surface area contributed by atoms with Crippen molar-refractivity contribution in [3.63, 3.8) is 0 Å². The minimum absolute atomic E-state index is 0.143. The maximum absolute atomic E-state index is 12.1. The van der Waals surface area contributed by atoms with Crippen molar-refractivity contribution >= 4 is 23.9 Å². The van der Waals surface area contributed by atoms with Crippen molar-refractivity contribution in [3.8, 4) is 0 Å². The predicted octanol–water partition coefficient (Wildman–Crippen LogP) is -1.52. The minimum atomic E-state index is -0.740. The number of hydrogen-bond acceptors (Lipinski definition) is 5. The molecule has 2 atom stereocenters. The number of fused-ring (bicyclic) bond motifs is 1. The molecule has 2 heterocycles. The number of esters is 1. The Morgan fingerprint density at radius 2 is 2.24 bits per heavy atom. The Balaban J connectivity index is 2.32. The van der Waals surface area contributed by atoms with Crippen LogP contribution in [0.4, 0.5) is 4.79 Å². The van der Waals surface area contributed by atoms with Gasteiger partial charge in [0.05, 0.1) is 13.7 Å². The standard InChI is InChI=1S/C12H17N5O4/c1-4-5-13-11-14-9-8(17(11)6-7(18)21-3)10(19)15-12(20)16(9)2/h4,8-9H,1,5-6H2,2-3H3,(H,13,14)(H,15,19,20). The molecule has 2 aliphatic heterocycles. The first kappa shape index (κ1) is 14.8. The van der Waals surface area contributed by atoms with Gasteiger partial charge in [0, 0.05) is 7.05 Å². The summed E-state index contributed by atoms with van der Waals surface area (Å²) in [7, 11) is 2.82. The van der Waals surface area contributed by atoms with Crippen LogP contribution in [0.3, 0.4) is 0 Å². The molecule has 114 valence electrons. The number of urea groups is 1. The van der Waals surface area contributed by atoms with Crippen LogP contribution in [0.5, 0.6) is 0 Å². The minimum Gasteiger partial charge on any atom is -0.468 e. The molecule has 0 saturated carbocycles. The van der Waals surface area contributed by atoms with Crippen LogP contribution in [0.1, 0.15) is 0 Å². The van der Waals surface area contributed by atoms with E-state index in [1.54, 1.807) is 13.1 Å². The van der Waals surface area contributed by atoms with Crippen molar-refractivity contribution in [1.82, 2.24) is 20.4 Å². The number of amides is 3. The molecular weight excluding hydrogens is 278 g/mol.